The van der Waals surface area contributed by atoms with Crippen LogP contribution >= 0.6 is 0 Å². The number of hydrogen-bond donors (Lipinski definition) is 1. The summed E-state index contributed by atoms with van der Waals surface area (Å²) in [6.07, 6.45) is 2.34. The van der Waals surface area contributed by atoms with Crippen LogP contribution in [0.15, 0.2) is 0 Å². The molecule has 2 nitrogen and oxygen atoms in total. The number of hydrogen-bond acceptors (Lipinski definition) is 2. The molecule has 0 heterocycles. The van der Waals surface area contributed by atoms with Gasteiger partial charge in [-0.05, 0) is 12.3 Å². The molecule has 1 aliphatic carbocycles. The summed E-state index contributed by atoms with van der Waals surface area (Å²) in [7, 11) is 1.71. The average molecular weight is 129 g/mol. The maximum absolute atomic E-state index is 5.89. The quantitative estimate of drug-likeness (QED) is 0.610. The van der Waals surface area contributed by atoms with Gasteiger partial charge < -0.3 is 10.5 Å². The van der Waals surface area contributed by atoms with E-state index in [4.69, 9.17) is 10.5 Å². The lowest BCUT2D eigenvalue weighted by Crippen LogP contribution is -2.30. The largest absolute Gasteiger partial charge is 0.383 e. The maximum atomic E-state index is 5.89. The molecule has 2 atom stereocenters. The molecule has 2 heteroatoms. The van der Waals surface area contributed by atoms with E-state index in [1.54, 1.807) is 7.11 Å². The molecule has 0 bridgehead atoms. The SMILES string of the molecule is CCC1CC1(N)COC. The third kappa shape index (κ3) is 1.25. The van der Waals surface area contributed by atoms with Gasteiger partial charge in [-0.2, -0.15) is 0 Å². The van der Waals surface area contributed by atoms with Crippen LogP contribution in [0.2, 0.25) is 0 Å². The van der Waals surface area contributed by atoms with Gasteiger partial charge in [0.25, 0.3) is 0 Å². The van der Waals surface area contributed by atoms with E-state index in [1.165, 1.54) is 6.42 Å². The minimum absolute atomic E-state index is 0.0451. The van der Waals surface area contributed by atoms with Gasteiger partial charge in [0, 0.05) is 12.6 Å². The van der Waals surface area contributed by atoms with Gasteiger partial charge in [0.05, 0.1) is 6.61 Å². The molecule has 1 saturated carbocycles. The first-order valence-corrected chi connectivity index (χ1v) is 3.50. The first-order valence-electron chi connectivity index (χ1n) is 3.50. The molecule has 54 valence electrons. The smallest absolute Gasteiger partial charge is 0.0645 e. The molecule has 1 fully saturated rings. The summed E-state index contributed by atoms with van der Waals surface area (Å²) in [6.45, 7) is 2.90. The van der Waals surface area contributed by atoms with Gasteiger partial charge in [-0.1, -0.05) is 13.3 Å². The summed E-state index contributed by atoms with van der Waals surface area (Å²) in [4.78, 5) is 0. The summed E-state index contributed by atoms with van der Waals surface area (Å²) in [5.41, 5.74) is 5.93. The molecule has 0 spiro atoms. The second-order valence-electron chi connectivity index (χ2n) is 2.98. The highest BCUT2D eigenvalue weighted by Gasteiger charge is 2.49. The van der Waals surface area contributed by atoms with Crippen molar-refractivity contribution in [2.45, 2.75) is 25.3 Å². The number of rotatable bonds is 3. The summed E-state index contributed by atoms with van der Waals surface area (Å²) < 4.78 is 4.98. The molecule has 0 aromatic heterocycles. The summed E-state index contributed by atoms with van der Waals surface area (Å²) >= 11 is 0. The lowest BCUT2D eigenvalue weighted by molar-refractivity contribution is 0.167. The van der Waals surface area contributed by atoms with E-state index in [0.717, 1.165) is 18.9 Å². The Morgan fingerprint density at radius 3 is 2.78 bits per heavy atom. The van der Waals surface area contributed by atoms with E-state index in [2.05, 4.69) is 6.92 Å². The Hall–Kier alpha value is -0.0800. The van der Waals surface area contributed by atoms with Crippen molar-refractivity contribution < 1.29 is 4.74 Å². The molecule has 0 radical (unpaired) electrons. The number of ether oxygens (including phenoxy) is 1. The zero-order chi connectivity index (χ0) is 6.91. The van der Waals surface area contributed by atoms with Gasteiger partial charge in [0.1, 0.15) is 0 Å². The molecule has 0 aliphatic heterocycles. The first kappa shape index (κ1) is 7.03. The van der Waals surface area contributed by atoms with Crippen LogP contribution in [0, 0.1) is 5.92 Å². The number of methoxy groups -OCH3 is 1. The molecule has 2 unspecified atom stereocenters. The Morgan fingerprint density at radius 1 is 1.78 bits per heavy atom. The molecule has 1 rings (SSSR count). The highest BCUT2D eigenvalue weighted by Crippen LogP contribution is 2.43. The van der Waals surface area contributed by atoms with Crippen LogP contribution < -0.4 is 5.73 Å². The van der Waals surface area contributed by atoms with E-state index in [1.807, 2.05) is 0 Å². The number of nitrogens with two attached hydrogens (primary N) is 1. The van der Waals surface area contributed by atoms with Crippen molar-refractivity contribution >= 4 is 0 Å². The van der Waals surface area contributed by atoms with Crippen molar-refractivity contribution in [2.75, 3.05) is 13.7 Å². The van der Waals surface area contributed by atoms with Gasteiger partial charge in [-0.25, -0.2) is 0 Å². The normalized spacial score (nSPS) is 41.0. The van der Waals surface area contributed by atoms with Crippen molar-refractivity contribution in [2.24, 2.45) is 11.7 Å². The first-order chi connectivity index (χ1) is 4.23. The fourth-order valence-corrected chi connectivity index (χ4v) is 1.40. The highest BCUT2D eigenvalue weighted by atomic mass is 16.5. The van der Waals surface area contributed by atoms with E-state index in [9.17, 15) is 0 Å². The van der Waals surface area contributed by atoms with Crippen LogP contribution in [-0.4, -0.2) is 19.3 Å². The third-order valence-corrected chi connectivity index (χ3v) is 2.19. The van der Waals surface area contributed by atoms with Gasteiger partial charge in [-0.3, -0.25) is 0 Å². The Bertz CT molecular complexity index is 105. The third-order valence-electron chi connectivity index (χ3n) is 2.19. The Balaban J connectivity index is 2.25. The predicted molar refractivity (Wildman–Crippen MR) is 37.2 cm³/mol. The summed E-state index contributed by atoms with van der Waals surface area (Å²) in [5, 5.41) is 0. The lowest BCUT2D eigenvalue weighted by Gasteiger charge is -2.07. The van der Waals surface area contributed by atoms with E-state index in [0.29, 0.717) is 0 Å². The van der Waals surface area contributed by atoms with Gasteiger partial charge in [0.2, 0.25) is 0 Å². The minimum atomic E-state index is 0.0451. The fraction of sp³-hybridized carbons (Fsp3) is 1.00. The monoisotopic (exact) mass is 129 g/mol. The zero-order valence-electron chi connectivity index (χ0n) is 6.18. The van der Waals surface area contributed by atoms with Crippen molar-refractivity contribution in [1.29, 1.82) is 0 Å². The van der Waals surface area contributed by atoms with Crippen LogP contribution in [0.1, 0.15) is 19.8 Å². The van der Waals surface area contributed by atoms with Crippen LogP contribution in [-0.2, 0) is 4.74 Å². The standard InChI is InChI=1S/C7H15NO/c1-3-6-4-7(6,8)5-9-2/h6H,3-5,8H2,1-2H3. The Labute approximate surface area is 56.4 Å². The van der Waals surface area contributed by atoms with E-state index >= 15 is 0 Å². The van der Waals surface area contributed by atoms with Crippen LogP contribution in [0.5, 0.6) is 0 Å². The molecule has 2 N–H and O–H groups in total. The maximum Gasteiger partial charge on any atom is 0.0645 e. The second-order valence-corrected chi connectivity index (χ2v) is 2.98. The molecule has 9 heavy (non-hydrogen) atoms. The van der Waals surface area contributed by atoms with Crippen LogP contribution in [0.25, 0.3) is 0 Å². The van der Waals surface area contributed by atoms with Crippen molar-refractivity contribution in [3.8, 4) is 0 Å². The summed E-state index contributed by atoms with van der Waals surface area (Å²) in [5.74, 6) is 0.720. The summed E-state index contributed by atoms with van der Waals surface area (Å²) in [6, 6.07) is 0. The van der Waals surface area contributed by atoms with Gasteiger partial charge in [0.15, 0.2) is 0 Å². The molecular weight excluding hydrogens is 114 g/mol. The van der Waals surface area contributed by atoms with Crippen molar-refractivity contribution in [3.63, 3.8) is 0 Å². The highest BCUT2D eigenvalue weighted by molar-refractivity contribution is 5.06. The molecule has 1 aliphatic rings. The molecule has 0 aromatic carbocycles. The van der Waals surface area contributed by atoms with Crippen LogP contribution in [0.4, 0.5) is 0 Å². The molecule has 0 saturated heterocycles. The van der Waals surface area contributed by atoms with Gasteiger partial charge >= 0.3 is 0 Å². The van der Waals surface area contributed by atoms with Gasteiger partial charge in [-0.15, -0.1) is 0 Å². The molecule has 0 amide bonds. The Morgan fingerprint density at radius 2 is 2.44 bits per heavy atom. The van der Waals surface area contributed by atoms with Crippen molar-refractivity contribution in [1.82, 2.24) is 0 Å². The second kappa shape index (κ2) is 2.27. The van der Waals surface area contributed by atoms with E-state index in [-0.39, 0.29) is 5.54 Å². The van der Waals surface area contributed by atoms with Crippen molar-refractivity contribution in [3.05, 3.63) is 0 Å². The zero-order valence-corrected chi connectivity index (χ0v) is 6.18. The minimum Gasteiger partial charge on any atom is -0.383 e. The van der Waals surface area contributed by atoms with Crippen LogP contribution in [0.3, 0.4) is 0 Å². The Kier molecular flexibility index (Phi) is 1.78. The predicted octanol–water partition coefficient (Wildman–Crippen LogP) is 0.760. The topological polar surface area (TPSA) is 35.2 Å². The van der Waals surface area contributed by atoms with E-state index < -0.39 is 0 Å². The molecule has 0 aromatic rings. The molecular formula is C7H15NO. The fourth-order valence-electron chi connectivity index (χ4n) is 1.40. The average Bonchev–Trinajstić information content (AvgIpc) is 2.43. The lowest BCUT2D eigenvalue weighted by atomic mass is 10.2.